The molecule has 1 aliphatic heterocycles. The fourth-order valence-electron chi connectivity index (χ4n) is 2.62. The Hall–Kier alpha value is -2.05. The number of nitrogen functional groups attached to an aromatic ring is 1. The number of carbonyl (C=O) groups is 1. The number of anilines is 2. The molecule has 0 radical (unpaired) electrons. The highest BCUT2D eigenvalue weighted by Gasteiger charge is 2.19. The Morgan fingerprint density at radius 1 is 1.45 bits per heavy atom. The number of amides is 1. The first kappa shape index (κ1) is 14.9. The Kier molecular flexibility index (Phi) is 4.31. The molecule has 0 bridgehead atoms. The third kappa shape index (κ3) is 3.23. The van der Waals surface area contributed by atoms with Crippen LogP contribution < -0.4 is 15.8 Å². The van der Waals surface area contributed by atoms with Crippen molar-refractivity contribution in [2.24, 2.45) is 0 Å². The highest BCUT2D eigenvalue weighted by Crippen LogP contribution is 2.25. The summed E-state index contributed by atoms with van der Waals surface area (Å²) in [5, 5.41) is 4.99. The number of methoxy groups -OCH3 is 1. The van der Waals surface area contributed by atoms with E-state index in [-0.39, 0.29) is 5.91 Å². The molecule has 3 rings (SSSR count). The zero-order valence-electron chi connectivity index (χ0n) is 12.5. The zero-order chi connectivity index (χ0) is 15.5. The van der Waals surface area contributed by atoms with E-state index in [2.05, 4.69) is 21.7 Å². The first-order chi connectivity index (χ1) is 10.7. The molecule has 1 amide bonds. The van der Waals surface area contributed by atoms with Crippen LogP contribution >= 0.6 is 11.3 Å². The number of thiophene rings is 1. The second-order valence-corrected chi connectivity index (χ2v) is 6.33. The van der Waals surface area contributed by atoms with Gasteiger partial charge in [0.05, 0.1) is 25.0 Å². The van der Waals surface area contributed by atoms with Gasteiger partial charge in [-0.3, -0.25) is 9.69 Å². The van der Waals surface area contributed by atoms with Crippen LogP contribution in [-0.4, -0.2) is 31.0 Å². The Morgan fingerprint density at radius 3 is 3.09 bits per heavy atom. The molecular weight excluding hydrogens is 298 g/mol. The number of nitrogens with zero attached hydrogens (tertiary/aromatic N) is 1. The Balaban J connectivity index is 1.59. The molecule has 1 aliphatic rings. The maximum atomic E-state index is 12.2. The van der Waals surface area contributed by atoms with Gasteiger partial charge in [0.25, 0.3) is 0 Å². The van der Waals surface area contributed by atoms with E-state index in [1.54, 1.807) is 36.6 Å². The van der Waals surface area contributed by atoms with Gasteiger partial charge in [-0.2, -0.15) is 0 Å². The summed E-state index contributed by atoms with van der Waals surface area (Å²) < 4.78 is 5.10. The molecule has 6 heteroatoms. The predicted octanol–water partition coefficient (Wildman–Crippen LogP) is 2.34. The van der Waals surface area contributed by atoms with E-state index in [4.69, 9.17) is 10.5 Å². The van der Waals surface area contributed by atoms with E-state index in [0.717, 1.165) is 19.5 Å². The van der Waals surface area contributed by atoms with Crippen LogP contribution in [0.5, 0.6) is 5.75 Å². The summed E-state index contributed by atoms with van der Waals surface area (Å²) in [6.07, 6.45) is 1.02. The van der Waals surface area contributed by atoms with Gasteiger partial charge in [-0.25, -0.2) is 0 Å². The molecule has 0 spiro atoms. The SMILES string of the molecule is COc1ccc(NC(=O)CN2CCc3sccc3C2)c(N)c1. The third-order valence-corrected chi connectivity index (χ3v) is 4.81. The van der Waals surface area contributed by atoms with Crippen molar-refractivity contribution in [1.82, 2.24) is 4.90 Å². The number of ether oxygens (including phenoxy) is 1. The first-order valence-electron chi connectivity index (χ1n) is 7.16. The molecule has 116 valence electrons. The monoisotopic (exact) mass is 317 g/mol. The average molecular weight is 317 g/mol. The van der Waals surface area contributed by atoms with Crippen LogP contribution in [0.3, 0.4) is 0 Å². The smallest absolute Gasteiger partial charge is 0.238 e. The van der Waals surface area contributed by atoms with Crippen LogP contribution in [0.4, 0.5) is 11.4 Å². The summed E-state index contributed by atoms with van der Waals surface area (Å²) in [6, 6.07) is 7.39. The number of carbonyl (C=O) groups excluding carboxylic acids is 1. The number of benzene rings is 1. The van der Waals surface area contributed by atoms with E-state index in [1.807, 2.05) is 0 Å². The van der Waals surface area contributed by atoms with Crippen molar-refractivity contribution in [3.8, 4) is 5.75 Å². The van der Waals surface area contributed by atoms with Crippen molar-refractivity contribution in [3.63, 3.8) is 0 Å². The van der Waals surface area contributed by atoms with Crippen molar-refractivity contribution in [3.05, 3.63) is 40.1 Å². The third-order valence-electron chi connectivity index (χ3n) is 3.79. The Labute approximate surface area is 133 Å². The highest BCUT2D eigenvalue weighted by molar-refractivity contribution is 7.10. The number of fused-ring (bicyclic) bond motifs is 1. The van der Waals surface area contributed by atoms with Gasteiger partial charge in [0.1, 0.15) is 5.75 Å². The van der Waals surface area contributed by atoms with E-state index in [9.17, 15) is 4.79 Å². The maximum absolute atomic E-state index is 12.2. The fourth-order valence-corrected chi connectivity index (χ4v) is 3.51. The van der Waals surface area contributed by atoms with Gasteiger partial charge in [0.2, 0.25) is 5.91 Å². The first-order valence-corrected chi connectivity index (χ1v) is 8.04. The van der Waals surface area contributed by atoms with E-state index in [0.29, 0.717) is 23.7 Å². The van der Waals surface area contributed by atoms with Crippen LogP contribution in [0.1, 0.15) is 10.4 Å². The van der Waals surface area contributed by atoms with Crippen LogP contribution in [0.25, 0.3) is 0 Å². The highest BCUT2D eigenvalue weighted by atomic mass is 32.1. The summed E-state index contributed by atoms with van der Waals surface area (Å²) >= 11 is 1.80. The summed E-state index contributed by atoms with van der Waals surface area (Å²) in [5.74, 6) is 0.632. The maximum Gasteiger partial charge on any atom is 0.238 e. The van der Waals surface area contributed by atoms with E-state index in [1.165, 1.54) is 10.4 Å². The molecule has 0 aliphatic carbocycles. The molecule has 0 atom stereocenters. The molecule has 2 heterocycles. The molecular formula is C16H19N3O2S. The lowest BCUT2D eigenvalue weighted by atomic mass is 10.1. The van der Waals surface area contributed by atoms with Gasteiger partial charge in [0.15, 0.2) is 0 Å². The number of hydrogen-bond acceptors (Lipinski definition) is 5. The van der Waals surface area contributed by atoms with Crippen molar-refractivity contribution in [2.45, 2.75) is 13.0 Å². The molecule has 22 heavy (non-hydrogen) atoms. The summed E-state index contributed by atoms with van der Waals surface area (Å²) in [6.45, 7) is 2.13. The number of rotatable bonds is 4. The van der Waals surface area contributed by atoms with Crippen LogP contribution in [0.15, 0.2) is 29.6 Å². The molecule has 5 nitrogen and oxygen atoms in total. The molecule has 0 fully saturated rings. The molecule has 1 aromatic heterocycles. The van der Waals surface area contributed by atoms with Crippen molar-refractivity contribution < 1.29 is 9.53 Å². The Bertz CT molecular complexity index is 684. The number of hydrogen-bond donors (Lipinski definition) is 2. The molecule has 3 N–H and O–H groups in total. The second-order valence-electron chi connectivity index (χ2n) is 5.33. The molecule has 1 aromatic carbocycles. The minimum Gasteiger partial charge on any atom is -0.497 e. The van der Waals surface area contributed by atoms with Gasteiger partial charge in [-0.1, -0.05) is 0 Å². The van der Waals surface area contributed by atoms with Gasteiger partial charge in [-0.15, -0.1) is 11.3 Å². The quantitative estimate of drug-likeness (QED) is 0.849. The lowest BCUT2D eigenvalue weighted by molar-refractivity contribution is -0.117. The van der Waals surface area contributed by atoms with Crippen LogP contribution in [0.2, 0.25) is 0 Å². The predicted molar refractivity (Wildman–Crippen MR) is 89.3 cm³/mol. The van der Waals surface area contributed by atoms with Crippen molar-refractivity contribution in [1.29, 1.82) is 0 Å². The fraction of sp³-hybridized carbons (Fsp3) is 0.312. The van der Waals surface area contributed by atoms with Crippen molar-refractivity contribution in [2.75, 3.05) is 31.2 Å². The molecule has 2 aromatic rings. The van der Waals surface area contributed by atoms with Gasteiger partial charge in [-0.05, 0) is 35.6 Å². The topological polar surface area (TPSA) is 67.6 Å². The largest absolute Gasteiger partial charge is 0.497 e. The lowest BCUT2D eigenvalue weighted by Gasteiger charge is -2.26. The Morgan fingerprint density at radius 2 is 2.32 bits per heavy atom. The van der Waals surface area contributed by atoms with Gasteiger partial charge >= 0.3 is 0 Å². The number of nitrogens with two attached hydrogens (primary N) is 1. The van der Waals surface area contributed by atoms with Crippen molar-refractivity contribution >= 4 is 28.6 Å². The van der Waals surface area contributed by atoms with E-state index >= 15 is 0 Å². The summed E-state index contributed by atoms with van der Waals surface area (Å²) in [4.78, 5) is 15.8. The average Bonchev–Trinajstić information content (AvgIpc) is 2.96. The van der Waals surface area contributed by atoms with Crippen LogP contribution in [-0.2, 0) is 17.8 Å². The normalized spacial score (nSPS) is 14.4. The summed E-state index contributed by atoms with van der Waals surface area (Å²) in [7, 11) is 1.59. The van der Waals surface area contributed by atoms with Gasteiger partial charge < -0.3 is 15.8 Å². The molecule has 0 saturated heterocycles. The van der Waals surface area contributed by atoms with Crippen LogP contribution in [0, 0.1) is 0 Å². The molecule has 0 unspecified atom stereocenters. The summed E-state index contributed by atoms with van der Waals surface area (Å²) in [5.41, 5.74) is 8.39. The van der Waals surface area contributed by atoms with Gasteiger partial charge in [0, 0.05) is 24.0 Å². The standard InChI is InChI=1S/C16H19N3O2S/c1-21-12-2-3-14(13(17)8-12)18-16(20)10-19-6-4-15-11(9-19)5-7-22-15/h2-3,5,7-8H,4,6,9-10,17H2,1H3,(H,18,20). The zero-order valence-corrected chi connectivity index (χ0v) is 13.3. The second kappa shape index (κ2) is 6.37. The molecule has 0 saturated carbocycles. The minimum atomic E-state index is -0.0458. The lowest BCUT2D eigenvalue weighted by Crippen LogP contribution is -2.36. The minimum absolute atomic E-state index is 0.0458. The number of nitrogens with one attached hydrogen (secondary N) is 1. The van der Waals surface area contributed by atoms with E-state index < -0.39 is 0 Å².